The van der Waals surface area contributed by atoms with Crippen LogP contribution in [0.4, 0.5) is 9.18 Å². The van der Waals surface area contributed by atoms with Crippen molar-refractivity contribution >= 4 is 12.0 Å². The van der Waals surface area contributed by atoms with Crippen molar-refractivity contribution in [2.24, 2.45) is 0 Å². The van der Waals surface area contributed by atoms with Crippen LogP contribution in [-0.4, -0.2) is 36.3 Å². The molecule has 27 heavy (non-hydrogen) atoms. The number of nitrogens with one attached hydrogen (secondary N) is 2. The minimum absolute atomic E-state index is 0.0220. The van der Waals surface area contributed by atoms with E-state index in [4.69, 9.17) is 9.47 Å². The molecule has 0 radical (unpaired) electrons. The van der Waals surface area contributed by atoms with Crippen LogP contribution < -0.4 is 15.4 Å². The summed E-state index contributed by atoms with van der Waals surface area (Å²) in [6, 6.07) is 5.17. The summed E-state index contributed by atoms with van der Waals surface area (Å²) in [5.74, 6) is 0.426. The zero-order chi connectivity index (χ0) is 20.2. The predicted molar refractivity (Wildman–Crippen MR) is 101 cm³/mol. The molecular formula is C20H27FN2O4. The third-order valence-corrected chi connectivity index (χ3v) is 3.84. The maximum Gasteiger partial charge on any atom is 0.407 e. The van der Waals surface area contributed by atoms with E-state index >= 15 is 0 Å². The van der Waals surface area contributed by atoms with Crippen molar-refractivity contribution in [2.75, 3.05) is 13.2 Å². The Balaban J connectivity index is 1.94. The first-order chi connectivity index (χ1) is 12.5. The second-order valence-electron chi connectivity index (χ2n) is 8.25. The number of carbonyl (C=O) groups is 2. The lowest BCUT2D eigenvalue weighted by atomic mass is 9.87. The number of halogens is 1. The second kappa shape index (κ2) is 7.98. The van der Waals surface area contributed by atoms with Gasteiger partial charge in [-0.25, -0.2) is 9.18 Å². The van der Waals surface area contributed by atoms with Crippen LogP contribution in [0, 0.1) is 0 Å². The van der Waals surface area contributed by atoms with Gasteiger partial charge in [0, 0.05) is 23.2 Å². The van der Waals surface area contributed by atoms with E-state index in [1.165, 1.54) is 0 Å². The topological polar surface area (TPSA) is 76.7 Å². The Kier molecular flexibility index (Phi) is 6.13. The molecule has 1 aliphatic rings. The Morgan fingerprint density at radius 1 is 1.37 bits per heavy atom. The summed E-state index contributed by atoms with van der Waals surface area (Å²) in [5, 5.41) is 5.43. The first kappa shape index (κ1) is 20.7. The zero-order valence-electron chi connectivity index (χ0n) is 16.4. The van der Waals surface area contributed by atoms with Crippen molar-refractivity contribution in [3.8, 4) is 5.75 Å². The average molecular weight is 378 g/mol. The molecule has 1 aliphatic heterocycles. The number of amides is 2. The third-order valence-electron chi connectivity index (χ3n) is 3.84. The number of alkyl carbamates (subject to hydrolysis) is 1. The third kappa shape index (κ3) is 6.27. The molecule has 1 aromatic carbocycles. The summed E-state index contributed by atoms with van der Waals surface area (Å²) >= 11 is 0. The van der Waals surface area contributed by atoms with E-state index in [1.807, 2.05) is 13.8 Å². The molecule has 7 heteroatoms. The van der Waals surface area contributed by atoms with E-state index in [2.05, 4.69) is 10.6 Å². The number of hydrogen-bond acceptors (Lipinski definition) is 4. The first-order valence-corrected chi connectivity index (χ1v) is 8.82. The molecular weight excluding hydrogens is 351 g/mol. The van der Waals surface area contributed by atoms with Crippen molar-refractivity contribution in [3.05, 3.63) is 41.2 Å². The number of benzene rings is 1. The van der Waals surface area contributed by atoms with E-state index in [0.717, 1.165) is 5.56 Å². The van der Waals surface area contributed by atoms with E-state index in [0.29, 0.717) is 24.1 Å². The highest BCUT2D eigenvalue weighted by molar-refractivity contribution is 5.97. The van der Waals surface area contributed by atoms with E-state index in [9.17, 15) is 14.0 Å². The van der Waals surface area contributed by atoms with Crippen LogP contribution in [0.3, 0.4) is 0 Å². The molecule has 0 spiro atoms. The molecule has 0 unspecified atom stereocenters. The Labute approximate surface area is 159 Å². The second-order valence-corrected chi connectivity index (χ2v) is 8.25. The highest BCUT2D eigenvalue weighted by Gasteiger charge is 2.29. The highest BCUT2D eigenvalue weighted by atomic mass is 19.1. The van der Waals surface area contributed by atoms with E-state index in [1.54, 1.807) is 39.0 Å². The summed E-state index contributed by atoms with van der Waals surface area (Å²) < 4.78 is 23.8. The number of carbonyl (C=O) groups excluding carboxylic acids is 2. The van der Waals surface area contributed by atoms with Gasteiger partial charge in [0.2, 0.25) is 0 Å². The maximum atomic E-state index is 13.1. The largest absolute Gasteiger partial charge is 0.489 e. The lowest BCUT2D eigenvalue weighted by Gasteiger charge is -2.32. The van der Waals surface area contributed by atoms with Crippen LogP contribution in [-0.2, 0) is 11.2 Å². The summed E-state index contributed by atoms with van der Waals surface area (Å²) in [5.41, 5.74) is 0.818. The van der Waals surface area contributed by atoms with Gasteiger partial charge in [0.1, 0.15) is 18.0 Å². The van der Waals surface area contributed by atoms with Gasteiger partial charge in [0.05, 0.1) is 6.33 Å². The van der Waals surface area contributed by atoms with E-state index in [-0.39, 0.29) is 30.2 Å². The lowest BCUT2D eigenvalue weighted by molar-refractivity contribution is 0.0531. The van der Waals surface area contributed by atoms with Crippen LogP contribution >= 0.6 is 0 Å². The zero-order valence-corrected chi connectivity index (χ0v) is 16.4. The van der Waals surface area contributed by atoms with Gasteiger partial charge in [-0.15, -0.1) is 0 Å². The minimum Gasteiger partial charge on any atom is -0.489 e. The SMILES string of the molecule is CC1(C)Cc2cc(OCC(=CF)CNC(=O)OC(C)(C)C)ccc2C(=O)N1. The van der Waals surface area contributed by atoms with Gasteiger partial charge in [-0.2, -0.15) is 0 Å². The van der Waals surface area contributed by atoms with Gasteiger partial charge in [0.15, 0.2) is 0 Å². The van der Waals surface area contributed by atoms with Crippen molar-refractivity contribution in [1.29, 1.82) is 0 Å². The molecule has 2 N–H and O–H groups in total. The molecule has 6 nitrogen and oxygen atoms in total. The van der Waals surface area contributed by atoms with Crippen LogP contribution in [0.15, 0.2) is 30.1 Å². The van der Waals surface area contributed by atoms with Crippen molar-refractivity contribution < 1.29 is 23.5 Å². The van der Waals surface area contributed by atoms with Crippen LogP contribution in [0.25, 0.3) is 0 Å². The molecule has 2 rings (SSSR count). The van der Waals surface area contributed by atoms with Crippen LogP contribution in [0.2, 0.25) is 0 Å². The summed E-state index contributed by atoms with van der Waals surface area (Å²) in [6.45, 7) is 9.10. The van der Waals surface area contributed by atoms with Crippen molar-refractivity contribution in [2.45, 2.75) is 52.2 Å². The molecule has 2 amide bonds. The van der Waals surface area contributed by atoms with Crippen LogP contribution in [0.5, 0.6) is 5.75 Å². The Bertz CT molecular complexity index is 751. The first-order valence-electron chi connectivity index (χ1n) is 8.82. The summed E-state index contributed by atoms with van der Waals surface area (Å²) in [7, 11) is 0. The van der Waals surface area contributed by atoms with Crippen LogP contribution in [0.1, 0.15) is 50.5 Å². The smallest absolute Gasteiger partial charge is 0.407 e. The fourth-order valence-electron chi connectivity index (χ4n) is 2.72. The number of rotatable bonds is 5. The molecule has 1 aromatic rings. The fraction of sp³-hybridized carbons (Fsp3) is 0.500. The van der Waals surface area contributed by atoms with Gasteiger partial charge in [0.25, 0.3) is 5.91 Å². The summed E-state index contributed by atoms with van der Waals surface area (Å²) in [4.78, 5) is 23.8. The van der Waals surface area contributed by atoms with Gasteiger partial charge in [-0.3, -0.25) is 4.79 Å². The molecule has 0 saturated carbocycles. The molecule has 1 heterocycles. The van der Waals surface area contributed by atoms with Gasteiger partial charge < -0.3 is 20.1 Å². The predicted octanol–water partition coefficient (Wildman–Crippen LogP) is 3.51. The highest BCUT2D eigenvalue weighted by Crippen LogP contribution is 2.26. The normalized spacial score (nSPS) is 16.2. The quantitative estimate of drug-likeness (QED) is 0.822. The standard InChI is InChI=1S/C20H27FN2O4/c1-19(2,3)27-18(25)22-11-13(10-21)12-26-15-6-7-16-14(8-15)9-20(4,5)23-17(16)24/h6-8,10H,9,11-12H2,1-5H3,(H,22,25)(H,23,24). The monoisotopic (exact) mass is 378 g/mol. The molecule has 0 atom stereocenters. The Morgan fingerprint density at radius 2 is 2.07 bits per heavy atom. The Morgan fingerprint density at radius 3 is 2.70 bits per heavy atom. The number of ether oxygens (including phenoxy) is 2. The van der Waals surface area contributed by atoms with Crippen molar-refractivity contribution in [1.82, 2.24) is 10.6 Å². The molecule has 148 valence electrons. The number of fused-ring (bicyclic) bond motifs is 1. The average Bonchev–Trinajstić information content (AvgIpc) is 2.51. The van der Waals surface area contributed by atoms with Gasteiger partial charge in [-0.05, 0) is 64.8 Å². The molecule has 0 aliphatic carbocycles. The van der Waals surface area contributed by atoms with Crippen molar-refractivity contribution in [3.63, 3.8) is 0 Å². The molecule has 0 fully saturated rings. The lowest BCUT2D eigenvalue weighted by Crippen LogP contribution is -2.49. The summed E-state index contributed by atoms with van der Waals surface area (Å²) in [6.07, 6.45) is 0.466. The van der Waals surface area contributed by atoms with E-state index < -0.39 is 11.7 Å². The maximum absolute atomic E-state index is 13.1. The van der Waals surface area contributed by atoms with Gasteiger partial charge >= 0.3 is 6.09 Å². The fourth-order valence-corrected chi connectivity index (χ4v) is 2.72. The minimum atomic E-state index is -0.622. The molecule has 0 saturated heterocycles. The molecule has 0 aromatic heterocycles. The Hall–Kier alpha value is -2.57. The van der Waals surface area contributed by atoms with Gasteiger partial charge in [-0.1, -0.05) is 0 Å². The molecule has 0 bridgehead atoms. The number of hydrogen-bond donors (Lipinski definition) is 2.